The number of halogens is 1. The predicted molar refractivity (Wildman–Crippen MR) is 59.2 cm³/mol. The van der Waals surface area contributed by atoms with E-state index in [0.717, 1.165) is 12.0 Å². The monoisotopic (exact) mass is 223 g/mol. The topological polar surface area (TPSA) is 47.8 Å². The summed E-state index contributed by atoms with van der Waals surface area (Å²) in [5, 5.41) is 8.80. The fourth-order valence-electron chi connectivity index (χ4n) is 1.46. The summed E-state index contributed by atoms with van der Waals surface area (Å²) in [5.74, 6) is 0. The Bertz CT molecular complexity index is 577. The molecule has 0 aliphatic carbocycles. The van der Waals surface area contributed by atoms with Crippen LogP contribution in [-0.2, 0) is 13.5 Å². The zero-order chi connectivity index (χ0) is 11.0. The number of benzene rings is 1. The molecule has 0 saturated heterocycles. The molecule has 1 heterocycles. The summed E-state index contributed by atoms with van der Waals surface area (Å²) < 4.78 is 1.22. The van der Waals surface area contributed by atoms with Crippen LogP contribution in [0.3, 0.4) is 0 Å². The van der Waals surface area contributed by atoms with E-state index in [1.807, 2.05) is 6.92 Å². The SMILES string of the molecule is CCc1cc2c(=O)n(C)nnc2cc1Cl. The van der Waals surface area contributed by atoms with Gasteiger partial charge in [0.2, 0.25) is 0 Å². The molecule has 0 amide bonds. The highest BCUT2D eigenvalue weighted by molar-refractivity contribution is 6.32. The van der Waals surface area contributed by atoms with Gasteiger partial charge in [0, 0.05) is 12.1 Å². The number of nitrogens with zero attached hydrogens (tertiary/aromatic N) is 3. The number of hydrogen-bond acceptors (Lipinski definition) is 3. The number of aryl methyl sites for hydroxylation is 2. The van der Waals surface area contributed by atoms with Gasteiger partial charge in [-0.2, -0.15) is 0 Å². The first-order valence-corrected chi connectivity index (χ1v) is 5.03. The van der Waals surface area contributed by atoms with E-state index in [2.05, 4.69) is 10.3 Å². The molecule has 1 aromatic carbocycles. The molecule has 0 N–H and O–H groups in total. The second kappa shape index (κ2) is 3.62. The van der Waals surface area contributed by atoms with Crippen molar-refractivity contribution in [3.63, 3.8) is 0 Å². The van der Waals surface area contributed by atoms with Crippen LogP contribution in [-0.4, -0.2) is 15.0 Å². The zero-order valence-corrected chi connectivity index (χ0v) is 9.25. The minimum atomic E-state index is -0.147. The van der Waals surface area contributed by atoms with Crippen LogP contribution in [0.15, 0.2) is 16.9 Å². The number of hydrogen-bond donors (Lipinski definition) is 0. The molecule has 1 aromatic heterocycles. The van der Waals surface area contributed by atoms with E-state index in [4.69, 9.17) is 11.6 Å². The first-order valence-electron chi connectivity index (χ1n) is 4.65. The summed E-state index contributed by atoms with van der Waals surface area (Å²) in [6.45, 7) is 1.99. The molecule has 5 heteroatoms. The van der Waals surface area contributed by atoms with Gasteiger partial charge in [0.15, 0.2) is 0 Å². The Balaban J connectivity index is 2.89. The molecule has 0 spiro atoms. The molecule has 0 aliphatic heterocycles. The second-order valence-electron chi connectivity index (χ2n) is 3.33. The molecule has 0 unspecified atom stereocenters. The third-order valence-electron chi connectivity index (χ3n) is 2.36. The first kappa shape index (κ1) is 10.1. The van der Waals surface area contributed by atoms with Crippen LogP contribution in [0, 0.1) is 0 Å². The van der Waals surface area contributed by atoms with E-state index >= 15 is 0 Å². The molecule has 15 heavy (non-hydrogen) atoms. The quantitative estimate of drug-likeness (QED) is 0.737. The average Bonchev–Trinajstić information content (AvgIpc) is 2.23. The van der Waals surface area contributed by atoms with Crippen LogP contribution in [0.4, 0.5) is 0 Å². The van der Waals surface area contributed by atoms with Gasteiger partial charge in [0.05, 0.1) is 5.39 Å². The standard InChI is InChI=1S/C10H10ClN3O/c1-3-6-4-7-9(5-8(6)11)12-13-14(2)10(7)15/h4-5H,3H2,1-2H3. The van der Waals surface area contributed by atoms with Crippen molar-refractivity contribution in [2.45, 2.75) is 13.3 Å². The number of aromatic nitrogens is 3. The van der Waals surface area contributed by atoms with Crippen molar-refractivity contribution in [1.82, 2.24) is 15.0 Å². The maximum Gasteiger partial charge on any atom is 0.277 e. The highest BCUT2D eigenvalue weighted by Gasteiger charge is 2.07. The lowest BCUT2D eigenvalue weighted by Crippen LogP contribution is -2.20. The van der Waals surface area contributed by atoms with Crippen molar-refractivity contribution >= 4 is 22.5 Å². The van der Waals surface area contributed by atoms with Crippen LogP contribution in [0.1, 0.15) is 12.5 Å². The van der Waals surface area contributed by atoms with Gasteiger partial charge in [-0.15, -0.1) is 5.10 Å². The third-order valence-corrected chi connectivity index (χ3v) is 2.71. The smallest absolute Gasteiger partial charge is 0.267 e. The van der Waals surface area contributed by atoms with Gasteiger partial charge in [-0.1, -0.05) is 23.7 Å². The van der Waals surface area contributed by atoms with Gasteiger partial charge < -0.3 is 0 Å². The molecular formula is C10H10ClN3O. The Morgan fingerprint density at radius 3 is 2.87 bits per heavy atom. The summed E-state index contributed by atoms with van der Waals surface area (Å²) >= 11 is 6.02. The van der Waals surface area contributed by atoms with E-state index in [1.165, 1.54) is 4.68 Å². The molecule has 0 aliphatic rings. The maximum atomic E-state index is 11.7. The normalized spacial score (nSPS) is 10.9. The first-order chi connectivity index (χ1) is 7.13. The van der Waals surface area contributed by atoms with Gasteiger partial charge in [0.1, 0.15) is 5.52 Å². The highest BCUT2D eigenvalue weighted by atomic mass is 35.5. The van der Waals surface area contributed by atoms with E-state index in [-0.39, 0.29) is 5.56 Å². The van der Waals surface area contributed by atoms with E-state index in [9.17, 15) is 4.79 Å². The Labute approximate surface area is 91.5 Å². The summed E-state index contributed by atoms with van der Waals surface area (Å²) in [4.78, 5) is 11.7. The Hall–Kier alpha value is -1.42. The van der Waals surface area contributed by atoms with Crippen LogP contribution in [0.2, 0.25) is 5.02 Å². The Morgan fingerprint density at radius 1 is 1.47 bits per heavy atom. The van der Waals surface area contributed by atoms with Crippen molar-refractivity contribution in [2.24, 2.45) is 7.05 Å². The lowest BCUT2D eigenvalue weighted by atomic mass is 10.1. The Kier molecular flexibility index (Phi) is 2.44. The molecule has 0 saturated carbocycles. The third kappa shape index (κ3) is 1.61. The molecule has 4 nitrogen and oxygen atoms in total. The van der Waals surface area contributed by atoms with Gasteiger partial charge in [-0.05, 0) is 24.1 Å². The van der Waals surface area contributed by atoms with Gasteiger partial charge in [0.25, 0.3) is 5.56 Å². The molecule has 78 valence electrons. The molecule has 0 fully saturated rings. The minimum absolute atomic E-state index is 0.147. The zero-order valence-electron chi connectivity index (χ0n) is 8.49. The van der Waals surface area contributed by atoms with E-state index in [1.54, 1.807) is 19.2 Å². The minimum Gasteiger partial charge on any atom is -0.267 e. The van der Waals surface area contributed by atoms with Crippen LogP contribution in [0.5, 0.6) is 0 Å². The summed E-state index contributed by atoms with van der Waals surface area (Å²) in [6, 6.07) is 3.47. The second-order valence-corrected chi connectivity index (χ2v) is 3.74. The lowest BCUT2D eigenvalue weighted by molar-refractivity contribution is 0.656. The van der Waals surface area contributed by atoms with Crippen LogP contribution < -0.4 is 5.56 Å². The fourth-order valence-corrected chi connectivity index (χ4v) is 1.75. The van der Waals surface area contributed by atoms with Crippen molar-refractivity contribution < 1.29 is 0 Å². The summed E-state index contributed by atoms with van der Waals surface area (Å²) in [7, 11) is 1.58. The molecule has 0 bridgehead atoms. The average molecular weight is 224 g/mol. The summed E-state index contributed by atoms with van der Waals surface area (Å²) in [6.07, 6.45) is 0.792. The van der Waals surface area contributed by atoms with Crippen LogP contribution in [0.25, 0.3) is 10.9 Å². The molecule has 2 aromatic rings. The number of fused-ring (bicyclic) bond motifs is 1. The van der Waals surface area contributed by atoms with Crippen molar-refractivity contribution in [2.75, 3.05) is 0 Å². The van der Waals surface area contributed by atoms with Crippen molar-refractivity contribution in [1.29, 1.82) is 0 Å². The molecule has 2 rings (SSSR count). The van der Waals surface area contributed by atoms with Crippen molar-refractivity contribution in [3.8, 4) is 0 Å². The van der Waals surface area contributed by atoms with Crippen molar-refractivity contribution in [3.05, 3.63) is 33.1 Å². The largest absolute Gasteiger partial charge is 0.277 e. The fraction of sp³-hybridized carbons (Fsp3) is 0.300. The van der Waals surface area contributed by atoms with Gasteiger partial charge in [-0.3, -0.25) is 4.79 Å². The molecular weight excluding hydrogens is 214 g/mol. The van der Waals surface area contributed by atoms with E-state index < -0.39 is 0 Å². The highest BCUT2D eigenvalue weighted by Crippen LogP contribution is 2.20. The Morgan fingerprint density at radius 2 is 2.20 bits per heavy atom. The van der Waals surface area contributed by atoms with Gasteiger partial charge in [-0.25, -0.2) is 4.68 Å². The summed E-state index contributed by atoms with van der Waals surface area (Å²) in [5.41, 5.74) is 1.35. The van der Waals surface area contributed by atoms with Gasteiger partial charge >= 0.3 is 0 Å². The molecule has 0 radical (unpaired) electrons. The maximum absolute atomic E-state index is 11.7. The molecule has 0 atom stereocenters. The lowest BCUT2D eigenvalue weighted by Gasteiger charge is -2.03. The van der Waals surface area contributed by atoms with E-state index in [0.29, 0.717) is 15.9 Å². The predicted octanol–water partition coefficient (Wildman–Crippen LogP) is 1.54. The number of rotatable bonds is 1. The van der Waals surface area contributed by atoms with Crippen LogP contribution >= 0.6 is 11.6 Å².